The molecule has 1 fully saturated rings. The van der Waals surface area contributed by atoms with Gasteiger partial charge in [0.2, 0.25) is 5.91 Å². The predicted molar refractivity (Wildman–Crippen MR) is 84.0 cm³/mol. The SMILES string of the molecule is CCCc1ccc(S(=O)(=O)NC(=O)CC[C@H]2CCCO2)cc1. The molecule has 1 heterocycles. The van der Waals surface area contributed by atoms with Gasteiger partial charge in [0.15, 0.2) is 0 Å². The fourth-order valence-electron chi connectivity index (χ4n) is 2.55. The van der Waals surface area contributed by atoms with Crippen molar-refractivity contribution < 1.29 is 17.9 Å². The topological polar surface area (TPSA) is 72.5 Å². The van der Waals surface area contributed by atoms with E-state index in [1.807, 2.05) is 0 Å². The molecule has 1 N–H and O–H groups in total. The zero-order valence-corrected chi connectivity index (χ0v) is 13.7. The zero-order valence-electron chi connectivity index (χ0n) is 12.9. The number of aryl methyl sites for hydroxylation is 1. The maximum absolute atomic E-state index is 12.1. The molecule has 1 aromatic rings. The van der Waals surface area contributed by atoms with Crippen molar-refractivity contribution in [1.82, 2.24) is 4.72 Å². The number of carbonyl (C=O) groups excluding carboxylic acids is 1. The summed E-state index contributed by atoms with van der Waals surface area (Å²) in [6, 6.07) is 6.66. The van der Waals surface area contributed by atoms with E-state index in [0.29, 0.717) is 6.42 Å². The average molecular weight is 325 g/mol. The minimum atomic E-state index is -3.78. The first-order valence-corrected chi connectivity index (χ1v) is 9.26. The van der Waals surface area contributed by atoms with Crippen molar-refractivity contribution in [2.45, 2.75) is 56.4 Å². The third-order valence-electron chi connectivity index (χ3n) is 3.74. The van der Waals surface area contributed by atoms with Crippen LogP contribution in [0.5, 0.6) is 0 Å². The lowest BCUT2D eigenvalue weighted by Gasteiger charge is -2.10. The summed E-state index contributed by atoms with van der Waals surface area (Å²) < 4.78 is 31.8. The fourth-order valence-corrected chi connectivity index (χ4v) is 3.56. The van der Waals surface area contributed by atoms with Crippen LogP contribution in [0.1, 0.15) is 44.6 Å². The highest BCUT2D eigenvalue weighted by molar-refractivity contribution is 7.90. The monoisotopic (exact) mass is 325 g/mol. The lowest BCUT2D eigenvalue weighted by atomic mass is 10.1. The molecule has 5 nitrogen and oxygen atoms in total. The van der Waals surface area contributed by atoms with E-state index in [1.54, 1.807) is 24.3 Å². The van der Waals surface area contributed by atoms with Crippen molar-refractivity contribution in [2.75, 3.05) is 6.61 Å². The van der Waals surface area contributed by atoms with Gasteiger partial charge in [-0.05, 0) is 43.4 Å². The third-order valence-corrected chi connectivity index (χ3v) is 5.13. The summed E-state index contributed by atoms with van der Waals surface area (Å²) in [5, 5.41) is 0. The molecule has 2 rings (SSSR count). The van der Waals surface area contributed by atoms with Gasteiger partial charge in [-0.25, -0.2) is 13.1 Å². The Kier molecular flexibility index (Phi) is 5.97. The van der Waals surface area contributed by atoms with Gasteiger partial charge in [-0.2, -0.15) is 0 Å². The smallest absolute Gasteiger partial charge is 0.264 e. The van der Waals surface area contributed by atoms with Crippen molar-refractivity contribution in [1.29, 1.82) is 0 Å². The number of carbonyl (C=O) groups is 1. The molecule has 1 aromatic carbocycles. The Hall–Kier alpha value is -1.40. The molecular weight excluding hydrogens is 302 g/mol. The first-order valence-electron chi connectivity index (χ1n) is 7.77. The van der Waals surface area contributed by atoms with Crippen LogP contribution in [0.15, 0.2) is 29.2 Å². The van der Waals surface area contributed by atoms with Crippen LogP contribution in [0, 0.1) is 0 Å². The second kappa shape index (κ2) is 7.74. The number of amides is 1. The van der Waals surface area contributed by atoms with Crippen LogP contribution in [0.25, 0.3) is 0 Å². The lowest BCUT2D eigenvalue weighted by molar-refractivity contribution is -0.119. The summed E-state index contributed by atoms with van der Waals surface area (Å²) >= 11 is 0. The molecule has 1 saturated heterocycles. The Morgan fingerprint density at radius 2 is 2.05 bits per heavy atom. The van der Waals surface area contributed by atoms with E-state index in [4.69, 9.17) is 4.74 Å². The second-order valence-electron chi connectivity index (χ2n) is 5.60. The highest BCUT2D eigenvalue weighted by Gasteiger charge is 2.20. The molecule has 0 saturated carbocycles. The van der Waals surface area contributed by atoms with Crippen LogP contribution in [-0.4, -0.2) is 27.0 Å². The van der Waals surface area contributed by atoms with Gasteiger partial charge in [0, 0.05) is 13.0 Å². The summed E-state index contributed by atoms with van der Waals surface area (Å²) in [5.41, 5.74) is 1.09. The van der Waals surface area contributed by atoms with Crippen molar-refractivity contribution in [3.8, 4) is 0 Å². The first kappa shape index (κ1) is 17.0. The molecule has 122 valence electrons. The van der Waals surface area contributed by atoms with Gasteiger partial charge in [0.25, 0.3) is 10.0 Å². The molecule has 22 heavy (non-hydrogen) atoms. The van der Waals surface area contributed by atoms with Crippen LogP contribution >= 0.6 is 0 Å². The maximum atomic E-state index is 12.1. The molecule has 0 spiro atoms. The number of sulfonamides is 1. The first-order chi connectivity index (χ1) is 10.5. The van der Waals surface area contributed by atoms with Gasteiger partial charge < -0.3 is 4.74 Å². The van der Waals surface area contributed by atoms with E-state index >= 15 is 0 Å². The number of hydrogen-bond donors (Lipinski definition) is 1. The Balaban J connectivity index is 1.90. The number of ether oxygens (including phenoxy) is 1. The zero-order chi connectivity index (χ0) is 16.0. The summed E-state index contributed by atoms with van der Waals surface area (Å²) in [7, 11) is -3.78. The number of benzene rings is 1. The summed E-state index contributed by atoms with van der Waals surface area (Å²) in [6.45, 7) is 2.80. The van der Waals surface area contributed by atoms with Gasteiger partial charge in [0.1, 0.15) is 0 Å². The molecule has 0 unspecified atom stereocenters. The summed E-state index contributed by atoms with van der Waals surface area (Å²) in [5.74, 6) is -0.479. The quantitative estimate of drug-likeness (QED) is 0.835. The third kappa shape index (κ3) is 4.81. The number of nitrogens with one attached hydrogen (secondary N) is 1. The molecule has 0 aliphatic carbocycles. The van der Waals surface area contributed by atoms with Crippen LogP contribution < -0.4 is 4.72 Å². The Morgan fingerprint density at radius 1 is 1.32 bits per heavy atom. The van der Waals surface area contributed by atoms with E-state index in [2.05, 4.69) is 11.6 Å². The van der Waals surface area contributed by atoms with E-state index in [1.165, 1.54) is 0 Å². The fraction of sp³-hybridized carbons (Fsp3) is 0.562. The molecule has 0 bridgehead atoms. The molecule has 1 atom stereocenters. The van der Waals surface area contributed by atoms with Gasteiger partial charge in [-0.3, -0.25) is 4.79 Å². The Morgan fingerprint density at radius 3 is 2.64 bits per heavy atom. The number of rotatable bonds is 7. The van der Waals surface area contributed by atoms with Crippen LogP contribution in [0.2, 0.25) is 0 Å². The Labute approximate surface area is 132 Å². The van der Waals surface area contributed by atoms with Gasteiger partial charge in [-0.15, -0.1) is 0 Å². The minimum Gasteiger partial charge on any atom is -0.378 e. The largest absolute Gasteiger partial charge is 0.378 e. The average Bonchev–Trinajstić information content (AvgIpc) is 2.99. The maximum Gasteiger partial charge on any atom is 0.264 e. The molecule has 0 radical (unpaired) electrons. The van der Waals surface area contributed by atoms with E-state index in [-0.39, 0.29) is 17.4 Å². The minimum absolute atomic E-state index is 0.0850. The molecule has 0 aromatic heterocycles. The molecule has 1 aliphatic rings. The van der Waals surface area contributed by atoms with Crippen LogP contribution in [0.3, 0.4) is 0 Å². The van der Waals surface area contributed by atoms with Gasteiger partial charge >= 0.3 is 0 Å². The standard InChI is InChI=1S/C16H23NO4S/c1-2-4-13-6-9-15(10-7-13)22(19,20)17-16(18)11-8-14-5-3-12-21-14/h6-7,9-10,14H,2-5,8,11-12H2,1H3,(H,17,18)/t14-/m1/s1. The lowest BCUT2D eigenvalue weighted by Crippen LogP contribution is -2.31. The molecule has 1 aliphatic heterocycles. The van der Waals surface area contributed by atoms with Crippen molar-refractivity contribution in [2.24, 2.45) is 0 Å². The molecular formula is C16H23NO4S. The van der Waals surface area contributed by atoms with E-state index < -0.39 is 15.9 Å². The highest BCUT2D eigenvalue weighted by Crippen LogP contribution is 2.17. The van der Waals surface area contributed by atoms with Gasteiger partial charge in [0.05, 0.1) is 11.0 Å². The number of hydrogen-bond acceptors (Lipinski definition) is 4. The predicted octanol–water partition coefficient (Wildman–Crippen LogP) is 2.40. The van der Waals surface area contributed by atoms with E-state index in [0.717, 1.165) is 37.9 Å². The molecule has 6 heteroatoms. The van der Waals surface area contributed by atoms with Crippen LogP contribution in [0.4, 0.5) is 0 Å². The molecule has 1 amide bonds. The van der Waals surface area contributed by atoms with Crippen LogP contribution in [-0.2, 0) is 26.0 Å². The van der Waals surface area contributed by atoms with Gasteiger partial charge in [-0.1, -0.05) is 25.5 Å². The van der Waals surface area contributed by atoms with Crippen molar-refractivity contribution in [3.63, 3.8) is 0 Å². The summed E-state index contributed by atoms with van der Waals surface area (Å²) in [6.07, 6.45) is 4.68. The Bertz CT molecular complexity index is 589. The normalized spacial score (nSPS) is 18.3. The second-order valence-corrected chi connectivity index (χ2v) is 7.28. The van der Waals surface area contributed by atoms with Crippen molar-refractivity contribution in [3.05, 3.63) is 29.8 Å². The highest BCUT2D eigenvalue weighted by atomic mass is 32.2. The van der Waals surface area contributed by atoms with Crippen molar-refractivity contribution >= 4 is 15.9 Å². The van der Waals surface area contributed by atoms with E-state index in [9.17, 15) is 13.2 Å². The summed E-state index contributed by atoms with van der Waals surface area (Å²) in [4.78, 5) is 11.9.